The van der Waals surface area contributed by atoms with Crippen LogP contribution < -0.4 is 4.90 Å². The molecule has 5 rings (SSSR count). The van der Waals surface area contributed by atoms with Crippen molar-refractivity contribution < 1.29 is 24.2 Å². The fraction of sp³-hybridized carbons (Fsp3) is 0.167. The zero-order chi connectivity index (χ0) is 20.7. The molecule has 2 heterocycles. The minimum atomic E-state index is -1.46. The molecule has 1 N–H and O–H groups in total. The highest BCUT2D eigenvalue weighted by molar-refractivity contribution is 6.08. The maximum absolute atomic E-state index is 13.5. The molecule has 30 heavy (non-hydrogen) atoms. The van der Waals surface area contributed by atoms with Gasteiger partial charge in [0.15, 0.2) is 0 Å². The van der Waals surface area contributed by atoms with E-state index in [1.54, 1.807) is 23.1 Å². The Morgan fingerprint density at radius 1 is 1.03 bits per heavy atom. The van der Waals surface area contributed by atoms with E-state index in [9.17, 15) is 9.59 Å². The van der Waals surface area contributed by atoms with Crippen molar-refractivity contribution in [1.82, 2.24) is 0 Å². The van der Waals surface area contributed by atoms with Gasteiger partial charge in [-0.05, 0) is 34.0 Å². The van der Waals surface area contributed by atoms with Gasteiger partial charge in [0.25, 0.3) is 11.7 Å². The van der Waals surface area contributed by atoms with Gasteiger partial charge in [-0.3, -0.25) is 4.79 Å². The molecule has 1 saturated heterocycles. The van der Waals surface area contributed by atoms with Crippen LogP contribution in [0.5, 0.6) is 0 Å². The van der Waals surface area contributed by atoms with E-state index < -0.39 is 11.8 Å². The summed E-state index contributed by atoms with van der Waals surface area (Å²) in [4.78, 5) is 26.2. The summed E-state index contributed by atoms with van der Waals surface area (Å²) in [7, 11) is 0. The van der Waals surface area contributed by atoms with Gasteiger partial charge < -0.3 is 19.5 Å². The van der Waals surface area contributed by atoms with Crippen LogP contribution in [0.3, 0.4) is 0 Å². The third-order valence-electron chi connectivity index (χ3n) is 5.47. The second kappa shape index (κ2) is 7.09. The second-order valence-corrected chi connectivity index (χ2v) is 7.30. The van der Waals surface area contributed by atoms with Crippen LogP contribution in [0.2, 0.25) is 0 Å². The van der Waals surface area contributed by atoms with Gasteiger partial charge in [-0.15, -0.1) is 0 Å². The standard InChI is InChI=1S/C24H19NO5/c26-21(27)11-10-18-6-3-7-20-22(18)25(23(28)24(20)29-12-13-30-24)15-16-8-9-17-4-1-2-5-19(17)14-16/h1-11,14H,12-13,15H2,(H,26,27). The summed E-state index contributed by atoms with van der Waals surface area (Å²) < 4.78 is 11.6. The molecule has 1 spiro atoms. The maximum Gasteiger partial charge on any atom is 0.328 e. The molecule has 0 radical (unpaired) electrons. The summed E-state index contributed by atoms with van der Waals surface area (Å²) in [6.45, 7) is 0.970. The van der Waals surface area contributed by atoms with Crippen molar-refractivity contribution in [1.29, 1.82) is 0 Å². The van der Waals surface area contributed by atoms with Crippen LogP contribution in [-0.2, 0) is 31.4 Å². The van der Waals surface area contributed by atoms with Crippen LogP contribution in [0.1, 0.15) is 16.7 Å². The Hall–Kier alpha value is -3.48. The first kappa shape index (κ1) is 18.5. The number of carboxylic acids is 1. The molecule has 2 aliphatic rings. The Balaban J connectivity index is 1.61. The van der Waals surface area contributed by atoms with E-state index in [0.717, 1.165) is 22.4 Å². The molecule has 0 saturated carbocycles. The Labute approximate surface area is 172 Å². The minimum Gasteiger partial charge on any atom is -0.478 e. The van der Waals surface area contributed by atoms with Crippen molar-refractivity contribution in [2.24, 2.45) is 0 Å². The average molecular weight is 401 g/mol. The number of para-hydroxylation sites is 1. The van der Waals surface area contributed by atoms with E-state index >= 15 is 0 Å². The van der Waals surface area contributed by atoms with Gasteiger partial charge in [0.1, 0.15) is 0 Å². The van der Waals surface area contributed by atoms with Gasteiger partial charge >= 0.3 is 5.97 Å². The number of hydrogen-bond acceptors (Lipinski definition) is 4. The van der Waals surface area contributed by atoms with Crippen molar-refractivity contribution in [3.63, 3.8) is 0 Å². The lowest BCUT2D eigenvalue weighted by Gasteiger charge is -2.22. The van der Waals surface area contributed by atoms with Crippen LogP contribution >= 0.6 is 0 Å². The van der Waals surface area contributed by atoms with Crippen molar-refractivity contribution in [2.45, 2.75) is 12.3 Å². The highest BCUT2D eigenvalue weighted by Gasteiger charge is 2.56. The maximum atomic E-state index is 13.5. The summed E-state index contributed by atoms with van der Waals surface area (Å²) in [5, 5.41) is 11.3. The number of carboxylic acid groups (broad SMARTS) is 1. The normalized spacial score (nSPS) is 17.3. The number of ether oxygens (including phenoxy) is 2. The van der Waals surface area contributed by atoms with Gasteiger partial charge in [-0.1, -0.05) is 54.6 Å². The molecule has 0 bridgehead atoms. The third-order valence-corrected chi connectivity index (χ3v) is 5.47. The van der Waals surface area contributed by atoms with Crippen LogP contribution in [-0.4, -0.2) is 30.2 Å². The Kier molecular flexibility index (Phi) is 4.38. The predicted octanol–water partition coefficient (Wildman–Crippen LogP) is 3.68. The minimum absolute atomic E-state index is 0.292. The molecular formula is C24H19NO5. The third kappa shape index (κ3) is 2.89. The number of rotatable bonds is 4. The van der Waals surface area contributed by atoms with E-state index in [1.807, 2.05) is 36.4 Å². The number of carbonyl (C=O) groups excluding carboxylic acids is 1. The summed E-state index contributed by atoms with van der Waals surface area (Å²) in [6.07, 6.45) is 2.56. The highest BCUT2D eigenvalue weighted by Crippen LogP contribution is 2.48. The number of amides is 1. The number of nitrogens with zero attached hydrogens (tertiary/aromatic N) is 1. The molecule has 150 valence electrons. The molecule has 2 aliphatic heterocycles. The molecule has 3 aromatic rings. The SMILES string of the molecule is O=C(O)C=Cc1cccc2c1N(Cc1ccc3ccccc3c1)C(=O)C21OCCO1. The first-order chi connectivity index (χ1) is 14.6. The molecule has 1 amide bonds. The average Bonchev–Trinajstić information content (AvgIpc) is 3.33. The molecular weight excluding hydrogens is 382 g/mol. The molecule has 0 unspecified atom stereocenters. The zero-order valence-corrected chi connectivity index (χ0v) is 16.1. The first-order valence-electron chi connectivity index (χ1n) is 9.70. The lowest BCUT2D eigenvalue weighted by atomic mass is 10.0. The molecule has 6 nitrogen and oxygen atoms in total. The zero-order valence-electron chi connectivity index (χ0n) is 16.1. The molecule has 6 heteroatoms. The topological polar surface area (TPSA) is 76.1 Å². The van der Waals surface area contributed by atoms with Crippen molar-refractivity contribution >= 4 is 34.4 Å². The summed E-state index contributed by atoms with van der Waals surface area (Å²) in [6, 6.07) is 19.5. The fourth-order valence-electron chi connectivity index (χ4n) is 4.18. The lowest BCUT2D eigenvalue weighted by molar-refractivity contribution is -0.180. The second-order valence-electron chi connectivity index (χ2n) is 7.30. The Bertz CT molecular complexity index is 1190. The number of aliphatic carboxylic acids is 1. The monoisotopic (exact) mass is 401 g/mol. The van der Waals surface area contributed by atoms with E-state index in [4.69, 9.17) is 14.6 Å². The van der Waals surface area contributed by atoms with Gasteiger partial charge in [0.2, 0.25) is 0 Å². The van der Waals surface area contributed by atoms with Gasteiger partial charge in [0.05, 0.1) is 25.4 Å². The summed E-state index contributed by atoms with van der Waals surface area (Å²) in [5.74, 6) is -2.81. The van der Waals surface area contributed by atoms with E-state index in [2.05, 4.69) is 6.07 Å². The van der Waals surface area contributed by atoms with Crippen molar-refractivity contribution in [3.05, 3.63) is 83.4 Å². The van der Waals surface area contributed by atoms with Crippen LogP contribution in [0.15, 0.2) is 66.7 Å². The summed E-state index contributed by atoms with van der Waals surface area (Å²) in [5.41, 5.74) is 2.81. The molecule has 0 aromatic heterocycles. The first-order valence-corrected chi connectivity index (χ1v) is 9.70. The predicted molar refractivity (Wildman–Crippen MR) is 112 cm³/mol. The van der Waals surface area contributed by atoms with Crippen LogP contribution in [0, 0.1) is 0 Å². The van der Waals surface area contributed by atoms with E-state index in [0.29, 0.717) is 36.6 Å². The number of fused-ring (bicyclic) bond motifs is 3. The number of anilines is 1. The molecule has 0 atom stereocenters. The van der Waals surface area contributed by atoms with Crippen molar-refractivity contribution in [3.8, 4) is 0 Å². The van der Waals surface area contributed by atoms with Gasteiger partial charge in [-0.25, -0.2) is 4.79 Å². The van der Waals surface area contributed by atoms with Crippen molar-refractivity contribution in [2.75, 3.05) is 18.1 Å². The quantitative estimate of drug-likeness (QED) is 0.675. The van der Waals surface area contributed by atoms with Gasteiger partial charge in [0, 0.05) is 11.6 Å². The van der Waals surface area contributed by atoms with Crippen LogP contribution in [0.4, 0.5) is 5.69 Å². The van der Waals surface area contributed by atoms with E-state index in [1.165, 1.54) is 6.08 Å². The van der Waals surface area contributed by atoms with E-state index in [-0.39, 0.29) is 5.91 Å². The Morgan fingerprint density at radius 3 is 2.57 bits per heavy atom. The highest BCUT2D eigenvalue weighted by atomic mass is 16.7. The van der Waals surface area contributed by atoms with Crippen LogP contribution in [0.25, 0.3) is 16.8 Å². The smallest absolute Gasteiger partial charge is 0.328 e. The molecule has 3 aromatic carbocycles. The van der Waals surface area contributed by atoms with Gasteiger partial charge in [-0.2, -0.15) is 0 Å². The molecule has 1 fully saturated rings. The lowest BCUT2D eigenvalue weighted by Crippen LogP contribution is -2.40. The number of hydrogen-bond donors (Lipinski definition) is 1. The Morgan fingerprint density at radius 2 is 1.80 bits per heavy atom. The number of benzene rings is 3. The summed E-state index contributed by atoms with van der Waals surface area (Å²) >= 11 is 0. The molecule has 0 aliphatic carbocycles. The number of carbonyl (C=O) groups is 2. The largest absolute Gasteiger partial charge is 0.478 e. The fourth-order valence-corrected chi connectivity index (χ4v) is 4.18.